The monoisotopic (exact) mass is 473 g/mol. The molecule has 2 heterocycles. The molecule has 2 aromatic rings. The fourth-order valence-electron chi connectivity index (χ4n) is 4.19. The number of amides is 1. The first-order valence-corrected chi connectivity index (χ1v) is 12.7. The van der Waals surface area contributed by atoms with Crippen LogP contribution in [0.15, 0.2) is 41.3 Å². The molecule has 33 heavy (non-hydrogen) atoms. The first kappa shape index (κ1) is 23.5. The Labute approximate surface area is 195 Å². The van der Waals surface area contributed by atoms with Gasteiger partial charge in [0.2, 0.25) is 15.9 Å². The summed E-state index contributed by atoms with van der Waals surface area (Å²) in [6.45, 7) is 8.90. The van der Waals surface area contributed by atoms with Gasteiger partial charge >= 0.3 is 0 Å². The van der Waals surface area contributed by atoms with E-state index >= 15 is 0 Å². The van der Waals surface area contributed by atoms with Crippen molar-refractivity contribution in [3.05, 3.63) is 47.5 Å². The Morgan fingerprint density at radius 1 is 1.03 bits per heavy atom. The maximum atomic E-state index is 13.1. The third-order valence-electron chi connectivity index (χ3n) is 6.04. The summed E-state index contributed by atoms with van der Waals surface area (Å²) in [5.41, 5.74) is 3.01. The van der Waals surface area contributed by atoms with Gasteiger partial charge in [-0.1, -0.05) is 32.0 Å². The SMILES string of the molecule is Cc1cccc(C(C)C)c1NC(=O)CN1CCN(S(=O)(=O)c2ccc3c(c2)OCCO3)CC1. The number of ether oxygens (including phenoxy) is 2. The van der Waals surface area contributed by atoms with Gasteiger partial charge in [0.15, 0.2) is 11.5 Å². The Kier molecular flexibility index (Phi) is 6.92. The maximum Gasteiger partial charge on any atom is 0.243 e. The molecule has 0 atom stereocenters. The summed E-state index contributed by atoms with van der Waals surface area (Å²) in [5.74, 6) is 1.23. The number of nitrogens with one attached hydrogen (secondary N) is 1. The van der Waals surface area contributed by atoms with E-state index in [0.717, 1.165) is 16.8 Å². The highest BCUT2D eigenvalue weighted by Crippen LogP contribution is 2.33. The van der Waals surface area contributed by atoms with Crippen LogP contribution >= 0.6 is 0 Å². The van der Waals surface area contributed by atoms with Crippen molar-refractivity contribution in [3.63, 3.8) is 0 Å². The average Bonchev–Trinajstić information content (AvgIpc) is 2.80. The molecule has 0 aromatic heterocycles. The number of carbonyl (C=O) groups excluding carboxylic acids is 1. The summed E-state index contributed by atoms with van der Waals surface area (Å²) >= 11 is 0. The number of nitrogens with zero attached hydrogens (tertiary/aromatic N) is 2. The summed E-state index contributed by atoms with van der Waals surface area (Å²) in [4.78, 5) is 14.9. The predicted molar refractivity (Wildman–Crippen MR) is 127 cm³/mol. The van der Waals surface area contributed by atoms with Gasteiger partial charge in [0.1, 0.15) is 13.2 Å². The van der Waals surface area contributed by atoms with Crippen LogP contribution in [0.25, 0.3) is 0 Å². The second-order valence-electron chi connectivity index (χ2n) is 8.73. The van der Waals surface area contributed by atoms with E-state index in [4.69, 9.17) is 9.47 Å². The van der Waals surface area contributed by atoms with Gasteiger partial charge in [0.05, 0.1) is 11.4 Å². The van der Waals surface area contributed by atoms with Crippen LogP contribution in [0.5, 0.6) is 11.5 Å². The van der Waals surface area contributed by atoms with Gasteiger partial charge in [-0.3, -0.25) is 9.69 Å². The molecule has 4 rings (SSSR count). The Morgan fingerprint density at radius 2 is 1.73 bits per heavy atom. The number of fused-ring (bicyclic) bond motifs is 1. The van der Waals surface area contributed by atoms with Crippen molar-refractivity contribution in [2.45, 2.75) is 31.6 Å². The lowest BCUT2D eigenvalue weighted by atomic mass is 9.98. The van der Waals surface area contributed by atoms with Gasteiger partial charge in [-0.05, 0) is 36.1 Å². The quantitative estimate of drug-likeness (QED) is 0.694. The molecular weight excluding hydrogens is 442 g/mol. The Morgan fingerprint density at radius 3 is 2.42 bits per heavy atom. The minimum Gasteiger partial charge on any atom is -0.486 e. The van der Waals surface area contributed by atoms with Crippen molar-refractivity contribution < 1.29 is 22.7 Å². The predicted octanol–water partition coefficient (Wildman–Crippen LogP) is 2.83. The fraction of sp³-hybridized carbons (Fsp3) is 0.458. The molecule has 9 heteroatoms. The van der Waals surface area contributed by atoms with Crippen LogP contribution in [0.3, 0.4) is 0 Å². The molecular formula is C24H31N3O5S. The fourth-order valence-corrected chi connectivity index (χ4v) is 5.62. The van der Waals surface area contributed by atoms with E-state index < -0.39 is 10.0 Å². The minimum absolute atomic E-state index is 0.0886. The molecule has 1 N–H and O–H groups in total. The van der Waals surface area contributed by atoms with E-state index in [-0.39, 0.29) is 17.3 Å². The number of rotatable bonds is 6. The Balaban J connectivity index is 1.36. The van der Waals surface area contributed by atoms with Crippen LogP contribution in [0.4, 0.5) is 5.69 Å². The summed E-state index contributed by atoms with van der Waals surface area (Å²) in [5, 5.41) is 3.07. The molecule has 178 valence electrons. The van der Waals surface area contributed by atoms with Gasteiger partial charge in [0.25, 0.3) is 0 Å². The van der Waals surface area contributed by atoms with Crippen LogP contribution in [-0.4, -0.2) is 69.5 Å². The van der Waals surface area contributed by atoms with Gasteiger partial charge in [-0.15, -0.1) is 0 Å². The highest BCUT2D eigenvalue weighted by Gasteiger charge is 2.30. The average molecular weight is 474 g/mol. The molecule has 1 amide bonds. The number of carbonyl (C=O) groups is 1. The Hall–Kier alpha value is -2.62. The Bertz CT molecular complexity index is 1120. The first-order chi connectivity index (χ1) is 15.8. The van der Waals surface area contributed by atoms with Crippen molar-refractivity contribution in [2.24, 2.45) is 0 Å². The van der Waals surface area contributed by atoms with Gasteiger partial charge in [-0.25, -0.2) is 8.42 Å². The first-order valence-electron chi connectivity index (χ1n) is 11.3. The molecule has 2 aromatic carbocycles. The largest absolute Gasteiger partial charge is 0.486 e. The third kappa shape index (κ3) is 5.15. The number of hydrogen-bond donors (Lipinski definition) is 1. The number of para-hydroxylation sites is 1. The highest BCUT2D eigenvalue weighted by molar-refractivity contribution is 7.89. The van der Waals surface area contributed by atoms with Crippen LogP contribution in [0, 0.1) is 6.92 Å². The summed E-state index contributed by atoms with van der Waals surface area (Å²) in [7, 11) is -3.65. The summed E-state index contributed by atoms with van der Waals surface area (Å²) in [6.07, 6.45) is 0. The minimum atomic E-state index is -3.65. The molecule has 1 saturated heterocycles. The van der Waals surface area contributed by atoms with Crippen LogP contribution in [0.1, 0.15) is 30.9 Å². The molecule has 0 unspecified atom stereocenters. The molecule has 8 nitrogen and oxygen atoms in total. The topological polar surface area (TPSA) is 88.2 Å². The van der Waals surface area contributed by atoms with Gasteiger partial charge in [0, 0.05) is 37.9 Å². The lowest BCUT2D eigenvalue weighted by Gasteiger charge is -2.33. The highest BCUT2D eigenvalue weighted by atomic mass is 32.2. The van der Waals surface area contributed by atoms with Crippen molar-refractivity contribution >= 4 is 21.6 Å². The summed E-state index contributed by atoms with van der Waals surface area (Å²) < 4.78 is 38.7. The van der Waals surface area contributed by atoms with E-state index in [1.165, 1.54) is 10.4 Å². The number of sulfonamides is 1. The molecule has 2 aliphatic heterocycles. The van der Waals surface area contributed by atoms with Crippen LogP contribution in [0.2, 0.25) is 0 Å². The molecule has 1 fully saturated rings. The standard InChI is InChI=1S/C24H31N3O5S/c1-17(2)20-6-4-5-18(3)24(20)25-23(28)16-26-9-11-27(12-10-26)33(29,30)19-7-8-21-22(15-19)32-14-13-31-21/h4-8,15,17H,9-14,16H2,1-3H3,(H,25,28). The lowest BCUT2D eigenvalue weighted by molar-refractivity contribution is -0.117. The number of anilines is 1. The molecule has 0 saturated carbocycles. The number of benzene rings is 2. The molecule has 2 aliphatic rings. The van der Waals surface area contributed by atoms with Crippen molar-refractivity contribution in [2.75, 3.05) is 51.3 Å². The van der Waals surface area contributed by atoms with Crippen molar-refractivity contribution in [1.82, 2.24) is 9.21 Å². The zero-order chi connectivity index (χ0) is 23.6. The van der Waals surface area contributed by atoms with Crippen molar-refractivity contribution in [1.29, 1.82) is 0 Å². The van der Waals surface area contributed by atoms with E-state index in [1.54, 1.807) is 12.1 Å². The van der Waals surface area contributed by atoms with E-state index in [2.05, 4.69) is 19.2 Å². The van der Waals surface area contributed by atoms with Crippen molar-refractivity contribution in [3.8, 4) is 11.5 Å². The summed E-state index contributed by atoms with van der Waals surface area (Å²) in [6, 6.07) is 10.7. The number of piperazine rings is 1. The molecule has 0 radical (unpaired) electrons. The second-order valence-corrected chi connectivity index (χ2v) is 10.7. The zero-order valence-electron chi connectivity index (χ0n) is 19.3. The lowest BCUT2D eigenvalue weighted by Crippen LogP contribution is -2.50. The van der Waals surface area contributed by atoms with Gasteiger partial charge in [-0.2, -0.15) is 4.31 Å². The van der Waals surface area contributed by atoms with Crippen LogP contribution < -0.4 is 14.8 Å². The van der Waals surface area contributed by atoms with Gasteiger partial charge < -0.3 is 14.8 Å². The molecule has 0 spiro atoms. The number of hydrogen-bond acceptors (Lipinski definition) is 6. The molecule has 0 aliphatic carbocycles. The van der Waals surface area contributed by atoms with E-state index in [0.29, 0.717) is 56.8 Å². The smallest absolute Gasteiger partial charge is 0.243 e. The third-order valence-corrected chi connectivity index (χ3v) is 7.94. The number of aryl methyl sites for hydroxylation is 1. The zero-order valence-corrected chi connectivity index (χ0v) is 20.2. The normalized spacial score (nSPS) is 17.2. The second kappa shape index (κ2) is 9.70. The van der Waals surface area contributed by atoms with Crippen LogP contribution in [-0.2, 0) is 14.8 Å². The van der Waals surface area contributed by atoms with E-state index in [9.17, 15) is 13.2 Å². The maximum absolute atomic E-state index is 13.1. The van der Waals surface area contributed by atoms with E-state index in [1.807, 2.05) is 30.0 Å². The molecule has 0 bridgehead atoms.